The molecule has 0 amide bonds. The molecule has 0 heterocycles. The lowest BCUT2D eigenvalue weighted by atomic mass is 9.93. The third-order valence-corrected chi connectivity index (χ3v) is 6.47. The van der Waals surface area contributed by atoms with Crippen molar-refractivity contribution < 1.29 is 48.3 Å². The van der Waals surface area contributed by atoms with Crippen LogP contribution < -0.4 is 0 Å². The molecule has 1 N–H and O–H groups in total. The summed E-state index contributed by atoms with van der Waals surface area (Å²) >= 11 is 0. The lowest BCUT2D eigenvalue weighted by Gasteiger charge is -2.31. The Balaban J connectivity index is 6.19. The first-order valence-electron chi connectivity index (χ1n) is 5.39. The Bertz CT molecular complexity index is 556. The Morgan fingerprint density at radius 2 is 1.18 bits per heavy atom. The normalized spacial score (nSPS) is 16.9. The maximum atomic E-state index is 12.4. The smallest absolute Gasteiger partial charge is 0.390 e. The van der Waals surface area contributed by atoms with Crippen molar-refractivity contribution in [3.8, 4) is 0 Å². The number of sulfonamides is 2. The highest BCUT2D eigenvalue weighted by Crippen LogP contribution is 2.36. The summed E-state index contributed by atoms with van der Waals surface area (Å²) in [6, 6.07) is 0. The summed E-state index contributed by atoms with van der Waals surface area (Å²) < 4.78 is 117. The standard InChI is InChI=1S/C8H13F6NO5S2/c1-5(6(2,3)16)4-15(21(17,18)7(9,10)11)22(19,20)8(12,13)14/h5,16H,4H2,1-3H3. The van der Waals surface area contributed by atoms with Crippen molar-refractivity contribution in [1.82, 2.24) is 3.71 Å². The Labute approximate surface area is 122 Å². The Hall–Kier alpha value is -0.600. The predicted molar refractivity (Wildman–Crippen MR) is 62.1 cm³/mol. The van der Waals surface area contributed by atoms with Gasteiger partial charge in [0.25, 0.3) is 0 Å². The minimum atomic E-state index is -6.82. The molecule has 0 aromatic heterocycles. The quantitative estimate of drug-likeness (QED) is 0.727. The van der Waals surface area contributed by atoms with Crippen molar-refractivity contribution in [1.29, 1.82) is 0 Å². The van der Waals surface area contributed by atoms with Crippen molar-refractivity contribution in [2.45, 2.75) is 37.4 Å². The zero-order chi connectivity index (χ0) is 18.4. The van der Waals surface area contributed by atoms with Crippen molar-refractivity contribution >= 4 is 20.0 Å². The zero-order valence-corrected chi connectivity index (χ0v) is 13.0. The van der Waals surface area contributed by atoms with Gasteiger partial charge in [-0.3, -0.25) is 0 Å². The van der Waals surface area contributed by atoms with E-state index in [4.69, 9.17) is 0 Å². The number of hydrogen-bond donors (Lipinski definition) is 1. The first kappa shape index (κ1) is 21.4. The largest absolute Gasteiger partial charge is 0.512 e. The van der Waals surface area contributed by atoms with Gasteiger partial charge in [0.2, 0.25) is 0 Å². The van der Waals surface area contributed by atoms with E-state index in [1.807, 2.05) is 0 Å². The number of hydrogen-bond acceptors (Lipinski definition) is 5. The first-order valence-corrected chi connectivity index (χ1v) is 8.27. The molecule has 22 heavy (non-hydrogen) atoms. The number of rotatable bonds is 5. The van der Waals surface area contributed by atoms with Crippen LogP contribution in [0.5, 0.6) is 0 Å². The summed E-state index contributed by atoms with van der Waals surface area (Å²) in [6.45, 7) is 1.10. The number of nitrogens with zero attached hydrogens (tertiary/aromatic N) is 1. The average Bonchev–Trinajstić information content (AvgIpc) is 2.19. The van der Waals surface area contributed by atoms with Crippen LogP contribution in [0.1, 0.15) is 20.8 Å². The number of halogens is 6. The second-order valence-electron chi connectivity index (χ2n) is 4.91. The molecular weight excluding hydrogens is 368 g/mol. The van der Waals surface area contributed by atoms with E-state index < -0.39 is 52.8 Å². The monoisotopic (exact) mass is 381 g/mol. The molecule has 0 aliphatic carbocycles. The van der Waals surface area contributed by atoms with Crippen LogP contribution in [-0.2, 0) is 20.0 Å². The van der Waals surface area contributed by atoms with Gasteiger partial charge in [0, 0.05) is 6.54 Å². The second kappa shape index (κ2) is 5.79. The SMILES string of the molecule is CC(CN(S(=O)(=O)C(F)(F)F)S(=O)(=O)C(F)(F)F)C(C)(C)O. The molecule has 0 aliphatic heterocycles. The van der Waals surface area contributed by atoms with Gasteiger partial charge in [-0.1, -0.05) is 10.6 Å². The van der Waals surface area contributed by atoms with Gasteiger partial charge in [-0.05, 0) is 19.8 Å². The Morgan fingerprint density at radius 3 is 1.36 bits per heavy atom. The fourth-order valence-corrected chi connectivity index (χ4v) is 3.85. The van der Waals surface area contributed by atoms with Gasteiger partial charge < -0.3 is 5.11 Å². The summed E-state index contributed by atoms with van der Waals surface area (Å²) in [5.74, 6) is -1.55. The van der Waals surface area contributed by atoms with Gasteiger partial charge in [0.1, 0.15) is 0 Å². The topological polar surface area (TPSA) is 91.8 Å². The molecule has 0 saturated carbocycles. The Kier molecular flexibility index (Phi) is 5.64. The van der Waals surface area contributed by atoms with E-state index in [1.165, 1.54) is 0 Å². The molecule has 1 atom stereocenters. The summed E-state index contributed by atoms with van der Waals surface area (Å²) in [5, 5.41) is 9.49. The van der Waals surface area contributed by atoms with E-state index in [9.17, 15) is 48.3 Å². The van der Waals surface area contributed by atoms with Crippen LogP contribution in [0.15, 0.2) is 0 Å². The fourth-order valence-electron chi connectivity index (χ4n) is 1.00. The van der Waals surface area contributed by atoms with E-state index in [2.05, 4.69) is 0 Å². The van der Waals surface area contributed by atoms with Gasteiger partial charge in [0.15, 0.2) is 0 Å². The van der Waals surface area contributed by atoms with Crippen molar-refractivity contribution in [3.63, 3.8) is 0 Å². The van der Waals surface area contributed by atoms with Gasteiger partial charge in [-0.2, -0.15) is 26.3 Å². The van der Waals surface area contributed by atoms with E-state index in [0.29, 0.717) is 0 Å². The molecule has 0 aliphatic rings. The highest BCUT2D eigenvalue weighted by Gasteiger charge is 2.61. The summed E-state index contributed by atoms with van der Waals surface area (Å²) in [5.41, 5.74) is -14.4. The molecule has 134 valence electrons. The molecule has 0 aromatic rings. The van der Waals surface area contributed by atoms with Crippen molar-refractivity contribution in [2.24, 2.45) is 5.92 Å². The number of aliphatic hydroxyl groups is 1. The van der Waals surface area contributed by atoms with Gasteiger partial charge in [-0.15, -0.1) is 0 Å². The van der Waals surface area contributed by atoms with Crippen LogP contribution in [0.3, 0.4) is 0 Å². The maximum absolute atomic E-state index is 12.4. The highest BCUT2D eigenvalue weighted by atomic mass is 32.3. The van der Waals surface area contributed by atoms with Crippen LogP contribution in [0, 0.1) is 5.92 Å². The van der Waals surface area contributed by atoms with E-state index in [0.717, 1.165) is 20.8 Å². The van der Waals surface area contributed by atoms with Crippen molar-refractivity contribution in [3.05, 3.63) is 0 Å². The molecule has 0 fully saturated rings. The van der Waals surface area contributed by atoms with Crippen LogP contribution >= 0.6 is 0 Å². The lowest BCUT2D eigenvalue weighted by molar-refractivity contribution is -0.0552. The van der Waals surface area contributed by atoms with E-state index >= 15 is 0 Å². The van der Waals surface area contributed by atoms with Crippen LogP contribution in [-0.4, -0.2) is 48.8 Å². The van der Waals surface area contributed by atoms with Gasteiger partial charge >= 0.3 is 31.1 Å². The highest BCUT2D eigenvalue weighted by molar-refractivity contribution is 8.04. The molecule has 0 rings (SSSR count). The summed E-state index contributed by atoms with van der Waals surface area (Å²) in [7, 11) is -13.6. The van der Waals surface area contributed by atoms with Crippen molar-refractivity contribution in [2.75, 3.05) is 6.54 Å². The molecule has 0 aromatic carbocycles. The van der Waals surface area contributed by atoms with E-state index in [-0.39, 0.29) is 0 Å². The zero-order valence-electron chi connectivity index (χ0n) is 11.4. The van der Waals surface area contributed by atoms with Crippen LogP contribution in [0.4, 0.5) is 26.3 Å². The molecular formula is C8H13F6NO5S2. The number of alkyl halides is 6. The molecule has 0 radical (unpaired) electrons. The maximum Gasteiger partial charge on any atom is 0.512 e. The second-order valence-corrected chi connectivity index (χ2v) is 8.85. The molecule has 14 heteroatoms. The molecule has 0 spiro atoms. The van der Waals surface area contributed by atoms with Crippen LogP contribution in [0.25, 0.3) is 0 Å². The fraction of sp³-hybridized carbons (Fsp3) is 1.00. The molecule has 0 bridgehead atoms. The minimum absolute atomic E-state index is 0.894. The average molecular weight is 381 g/mol. The summed E-state index contributed by atoms with van der Waals surface area (Å²) in [6.07, 6.45) is 0. The third kappa shape index (κ3) is 4.23. The lowest BCUT2D eigenvalue weighted by Crippen LogP contribution is -2.52. The first-order chi connectivity index (χ1) is 9.26. The third-order valence-electron chi connectivity index (χ3n) is 2.75. The predicted octanol–water partition coefficient (Wildman–Crippen LogP) is 1.39. The van der Waals surface area contributed by atoms with Crippen LogP contribution in [0.2, 0.25) is 0 Å². The summed E-state index contributed by atoms with van der Waals surface area (Å²) in [4.78, 5) is 0. The van der Waals surface area contributed by atoms with E-state index in [1.54, 1.807) is 0 Å². The molecule has 0 saturated heterocycles. The molecule has 1 unspecified atom stereocenters. The Morgan fingerprint density at radius 1 is 0.909 bits per heavy atom. The van der Waals surface area contributed by atoms with Gasteiger partial charge in [0.05, 0.1) is 5.60 Å². The molecule has 6 nitrogen and oxygen atoms in total. The minimum Gasteiger partial charge on any atom is -0.390 e. The van der Waals surface area contributed by atoms with Gasteiger partial charge in [-0.25, -0.2) is 16.8 Å².